The quantitative estimate of drug-likeness (QED) is 0.821. The first-order chi connectivity index (χ1) is 9.85. The Hall–Kier alpha value is -2.28. The molecule has 0 spiro atoms. The molecule has 112 valence electrons. The summed E-state index contributed by atoms with van der Waals surface area (Å²) in [4.78, 5) is 11.3. The zero-order chi connectivity index (χ0) is 15.5. The van der Waals surface area contributed by atoms with Crippen molar-refractivity contribution in [3.8, 4) is 5.75 Å². The van der Waals surface area contributed by atoms with E-state index < -0.39 is 22.1 Å². The largest absolute Gasteiger partial charge is 0.480 e. The summed E-state index contributed by atoms with van der Waals surface area (Å²) < 4.78 is 28.4. The van der Waals surface area contributed by atoms with E-state index in [0.717, 1.165) is 11.8 Å². The predicted molar refractivity (Wildman–Crippen MR) is 76.7 cm³/mol. The van der Waals surface area contributed by atoms with Crippen LogP contribution in [0.1, 0.15) is 11.6 Å². The van der Waals surface area contributed by atoms with Crippen LogP contribution in [0.3, 0.4) is 0 Å². The van der Waals surface area contributed by atoms with E-state index in [-0.39, 0.29) is 5.75 Å². The fourth-order valence-electron chi connectivity index (χ4n) is 1.96. The Morgan fingerprint density at radius 2 is 1.81 bits per heavy atom. The number of aromatic nitrogens is 1. The standard InChI is InChI=1S/C14H15NO5S/c1-21(18,19)20-12-6-4-11(5-7-12)10-13(14(16)17)15-8-2-3-9-15/h2-9,13H,10H2,1H3,(H,16,17). The lowest BCUT2D eigenvalue weighted by molar-refractivity contribution is -0.140. The van der Waals surface area contributed by atoms with Crippen LogP contribution in [0.2, 0.25) is 0 Å². The second-order valence-electron chi connectivity index (χ2n) is 4.62. The molecule has 0 amide bonds. The van der Waals surface area contributed by atoms with Crippen molar-refractivity contribution in [2.24, 2.45) is 0 Å². The van der Waals surface area contributed by atoms with Crippen LogP contribution in [-0.4, -0.2) is 30.3 Å². The summed E-state index contributed by atoms with van der Waals surface area (Å²) in [5, 5.41) is 9.29. The molecule has 7 heteroatoms. The van der Waals surface area contributed by atoms with E-state index >= 15 is 0 Å². The van der Waals surface area contributed by atoms with Crippen molar-refractivity contribution in [3.05, 3.63) is 54.4 Å². The third-order valence-electron chi connectivity index (χ3n) is 2.87. The Bertz CT molecular complexity index is 704. The molecule has 0 aliphatic heterocycles. The van der Waals surface area contributed by atoms with Crippen molar-refractivity contribution in [1.29, 1.82) is 0 Å². The molecule has 0 radical (unpaired) electrons. The molecule has 21 heavy (non-hydrogen) atoms. The van der Waals surface area contributed by atoms with Crippen molar-refractivity contribution >= 4 is 16.1 Å². The van der Waals surface area contributed by atoms with Gasteiger partial charge in [0.05, 0.1) is 6.26 Å². The molecule has 0 aliphatic rings. The van der Waals surface area contributed by atoms with Crippen LogP contribution in [0.4, 0.5) is 0 Å². The van der Waals surface area contributed by atoms with E-state index in [1.54, 1.807) is 41.2 Å². The summed E-state index contributed by atoms with van der Waals surface area (Å²) in [5.41, 5.74) is 0.775. The topological polar surface area (TPSA) is 85.6 Å². The summed E-state index contributed by atoms with van der Waals surface area (Å²) in [6, 6.07) is 9.13. The average Bonchev–Trinajstić information content (AvgIpc) is 2.89. The predicted octanol–water partition coefficient (Wildman–Crippen LogP) is 1.69. The fraction of sp³-hybridized carbons (Fsp3) is 0.214. The van der Waals surface area contributed by atoms with E-state index in [2.05, 4.69) is 0 Å². The third-order valence-corrected chi connectivity index (χ3v) is 3.37. The number of carboxylic acids is 1. The van der Waals surface area contributed by atoms with Gasteiger partial charge < -0.3 is 13.9 Å². The molecule has 6 nitrogen and oxygen atoms in total. The number of carboxylic acid groups (broad SMARTS) is 1. The van der Waals surface area contributed by atoms with Gasteiger partial charge in [0.1, 0.15) is 11.8 Å². The molecule has 0 aliphatic carbocycles. The van der Waals surface area contributed by atoms with Gasteiger partial charge in [-0.2, -0.15) is 8.42 Å². The molecule has 0 fully saturated rings. The normalized spacial score (nSPS) is 12.8. The minimum absolute atomic E-state index is 0.203. The average molecular weight is 309 g/mol. The molecule has 0 bridgehead atoms. The fourth-order valence-corrected chi connectivity index (χ4v) is 2.42. The van der Waals surface area contributed by atoms with Gasteiger partial charge in [0.2, 0.25) is 0 Å². The molecule has 0 saturated heterocycles. The lowest BCUT2D eigenvalue weighted by Crippen LogP contribution is -2.20. The number of nitrogens with zero attached hydrogens (tertiary/aromatic N) is 1. The van der Waals surface area contributed by atoms with Gasteiger partial charge in [-0.15, -0.1) is 0 Å². The third kappa shape index (κ3) is 4.35. The van der Waals surface area contributed by atoms with E-state index in [4.69, 9.17) is 4.18 Å². The lowest BCUT2D eigenvalue weighted by atomic mass is 10.1. The summed E-state index contributed by atoms with van der Waals surface area (Å²) in [6.45, 7) is 0. The molecule has 1 heterocycles. The molecule has 0 saturated carbocycles. The Morgan fingerprint density at radius 3 is 2.29 bits per heavy atom. The van der Waals surface area contributed by atoms with Crippen LogP contribution < -0.4 is 4.18 Å². The van der Waals surface area contributed by atoms with Gasteiger partial charge in [-0.25, -0.2) is 4.79 Å². The van der Waals surface area contributed by atoms with E-state index in [9.17, 15) is 18.3 Å². The van der Waals surface area contributed by atoms with Crippen molar-refractivity contribution in [2.45, 2.75) is 12.5 Å². The van der Waals surface area contributed by atoms with Gasteiger partial charge in [0.15, 0.2) is 0 Å². The first-order valence-electron chi connectivity index (χ1n) is 6.19. The number of carbonyl (C=O) groups is 1. The van der Waals surface area contributed by atoms with E-state index in [0.29, 0.717) is 6.42 Å². The van der Waals surface area contributed by atoms with Crippen LogP contribution in [0.5, 0.6) is 5.75 Å². The van der Waals surface area contributed by atoms with Gasteiger partial charge in [0, 0.05) is 18.8 Å². The van der Waals surface area contributed by atoms with Gasteiger partial charge in [0.25, 0.3) is 0 Å². The van der Waals surface area contributed by atoms with Crippen LogP contribution in [-0.2, 0) is 21.3 Å². The minimum atomic E-state index is -3.56. The number of aliphatic carboxylic acids is 1. The molecule has 1 aromatic carbocycles. The second kappa shape index (κ2) is 6.01. The maximum absolute atomic E-state index is 11.3. The van der Waals surface area contributed by atoms with Crippen LogP contribution in [0.25, 0.3) is 0 Å². The molecular formula is C14H15NO5S. The lowest BCUT2D eigenvalue weighted by Gasteiger charge is -2.14. The summed E-state index contributed by atoms with van der Waals surface area (Å²) in [7, 11) is -3.56. The van der Waals surface area contributed by atoms with Gasteiger partial charge in [-0.1, -0.05) is 12.1 Å². The van der Waals surface area contributed by atoms with Gasteiger partial charge in [-0.05, 0) is 29.8 Å². The molecule has 2 rings (SSSR count). The van der Waals surface area contributed by atoms with E-state index in [1.807, 2.05) is 0 Å². The minimum Gasteiger partial charge on any atom is -0.480 e. The molecule has 1 atom stereocenters. The molecule has 2 aromatic rings. The van der Waals surface area contributed by atoms with Crippen LogP contribution in [0.15, 0.2) is 48.8 Å². The zero-order valence-electron chi connectivity index (χ0n) is 11.3. The van der Waals surface area contributed by atoms with Crippen molar-refractivity contribution in [2.75, 3.05) is 6.26 Å². The SMILES string of the molecule is CS(=O)(=O)Oc1ccc(CC(C(=O)O)n2cccc2)cc1. The van der Waals surface area contributed by atoms with Crippen molar-refractivity contribution < 1.29 is 22.5 Å². The molecule has 1 unspecified atom stereocenters. The molecule has 1 aromatic heterocycles. The number of hydrogen-bond acceptors (Lipinski definition) is 4. The smallest absolute Gasteiger partial charge is 0.327 e. The second-order valence-corrected chi connectivity index (χ2v) is 6.19. The zero-order valence-corrected chi connectivity index (χ0v) is 12.2. The Balaban J connectivity index is 2.13. The summed E-state index contributed by atoms with van der Waals surface area (Å²) in [6.07, 6.45) is 4.65. The van der Waals surface area contributed by atoms with E-state index in [1.165, 1.54) is 12.1 Å². The van der Waals surface area contributed by atoms with Gasteiger partial charge >= 0.3 is 16.1 Å². The van der Waals surface area contributed by atoms with Crippen molar-refractivity contribution in [3.63, 3.8) is 0 Å². The van der Waals surface area contributed by atoms with Gasteiger partial charge in [-0.3, -0.25) is 0 Å². The first-order valence-corrected chi connectivity index (χ1v) is 8.00. The maximum Gasteiger partial charge on any atom is 0.327 e. The van der Waals surface area contributed by atoms with Crippen LogP contribution >= 0.6 is 0 Å². The summed E-state index contributed by atoms with van der Waals surface area (Å²) in [5.74, 6) is -0.725. The highest BCUT2D eigenvalue weighted by atomic mass is 32.2. The highest BCUT2D eigenvalue weighted by Crippen LogP contribution is 2.19. The highest BCUT2D eigenvalue weighted by Gasteiger charge is 2.19. The Labute approximate surface area is 122 Å². The molecular weight excluding hydrogens is 294 g/mol. The van der Waals surface area contributed by atoms with Crippen LogP contribution in [0, 0.1) is 0 Å². The number of rotatable bonds is 6. The maximum atomic E-state index is 11.3. The first kappa shape index (κ1) is 15.1. The highest BCUT2D eigenvalue weighted by molar-refractivity contribution is 7.86. The number of hydrogen-bond donors (Lipinski definition) is 1. The Morgan fingerprint density at radius 1 is 1.24 bits per heavy atom. The molecule has 1 N–H and O–H groups in total. The summed E-state index contributed by atoms with van der Waals surface area (Å²) >= 11 is 0. The number of benzene rings is 1. The monoisotopic (exact) mass is 309 g/mol. The van der Waals surface area contributed by atoms with Crippen molar-refractivity contribution in [1.82, 2.24) is 4.57 Å². The Kier molecular flexibility index (Phi) is 4.32.